The van der Waals surface area contributed by atoms with E-state index in [0.29, 0.717) is 0 Å². The van der Waals surface area contributed by atoms with Gasteiger partial charge in [0.1, 0.15) is 0 Å². The van der Waals surface area contributed by atoms with E-state index in [1.807, 2.05) is 24.5 Å². The van der Waals surface area contributed by atoms with Crippen LogP contribution in [0.2, 0.25) is 0 Å². The third-order valence-corrected chi connectivity index (χ3v) is 3.20. The molecule has 0 amide bonds. The standard InChI is InChI=1S/C13H15N3O/c17-8-11-13-12(6-7-14-11)16(9-15-13)10-4-2-1-3-5-10/h1-5,9,11,14,17H,6-8H2. The second-order valence-electron chi connectivity index (χ2n) is 4.22. The van der Waals surface area contributed by atoms with Crippen molar-refractivity contribution in [2.24, 2.45) is 0 Å². The number of imidazole rings is 1. The predicted octanol–water partition coefficient (Wildman–Crippen LogP) is 1.05. The van der Waals surface area contributed by atoms with Crippen LogP contribution in [0.25, 0.3) is 5.69 Å². The van der Waals surface area contributed by atoms with Crippen LogP contribution in [0.3, 0.4) is 0 Å². The van der Waals surface area contributed by atoms with Crippen molar-refractivity contribution in [3.63, 3.8) is 0 Å². The van der Waals surface area contributed by atoms with Gasteiger partial charge in [-0.1, -0.05) is 18.2 Å². The lowest BCUT2D eigenvalue weighted by Crippen LogP contribution is -2.32. The van der Waals surface area contributed by atoms with E-state index in [0.717, 1.165) is 24.3 Å². The van der Waals surface area contributed by atoms with Gasteiger partial charge in [0.15, 0.2) is 0 Å². The number of nitrogens with zero attached hydrogens (tertiary/aromatic N) is 2. The molecule has 0 saturated carbocycles. The summed E-state index contributed by atoms with van der Waals surface area (Å²) in [6.07, 6.45) is 2.79. The Labute approximate surface area is 99.9 Å². The summed E-state index contributed by atoms with van der Waals surface area (Å²) in [6, 6.07) is 10.2. The normalized spacial score (nSPS) is 19.0. The van der Waals surface area contributed by atoms with E-state index in [-0.39, 0.29) is 12.6 Å². The number of aliphatic hydroxyl groups is 1. The second-order valence-corrected chi connectivity index (χ2v) is 4.22. The fourth-order valence-electron chi connectivity index (χ4n) is 2.35. The van der Waals surface area contributed by atoms with Crippen molar-refractivity contribution in [1.82, 2.24) is 14.9 Å². The molecule has 0 bridgehead atoms. The summed E-state index contributed by atoms with van der Waals surface area (Å²) in [7, 11) is 0. The summed E-state index contributed by atoms with van der Waals surface area (Å²) in [5, 5.41) is 12.6. The Balaban J connectivity index is 2.06. The molecule has 1 unspecified atom stereocenters. The maximum Gasteiger partial charge on any atom is 0.0998 e. The maximum absolute atomic E-state index is 9.31. The van der Waals surface area contributed by atoms with Crippen molar-refractivity contribution in [1.29, 1.82) is 0 Å². The first-order valence-electron chi connectivity index (χ1n) is 5.86. The van der Waals surface area contributed by atoms with Crippen molar-refractivity contribution >= 4 is 0 Å². The molecule has 2 N–H and O–H groups in total. The molecule has 0 radical (unpaired) electrons. The molecule has 1 aliphatic rings. The molecule has 2 heterocycles. The molecule has 4 heteroatoms. The topological polar surface area (TPSA) is 50.1 Å². The highest BCUT2D eigenvalue weighted by Gasteiger charge is 2.23. The Morgan fingerprint density at radius 2 is 2.18 bits per heavy atom. The molecule has 1 aromatic carbocycles. The number of aliphatic hydroxyl groups excluding tert-OH is 1. The average Bonchev–Trinajstić information content (AvgIpc) is 2.83. The third-order valence-electron chi connectivity index (χ3n) is 3.20. The molecule has 1 atom stereocenters. The zero-order valence-corrected chi connectivity index (χ0v) is 9.50. The lowest BCUT2D eigenvalue weighted by Gasteiger charge is -2.22. The van der Waals surface area contributed by atoms with Gasteiger partial charge in [-0.3, -0.25) is 0 Å². The number of fused-ring (bicyclic) bond motifs is 1. The molecule has 0 spiro atoms. The van der Waals surface area contributed by atoms with Crippen molar-refractivity contribution in [3.8, 4) is 5.69 Å². The summed E-state index contributed by atoms with van der Waals surface area (Å²) < 4.78 is 2.11. The Kier molecular flexibility index (Phi) is 2.66. The third kappa shape index (κ3) is 1.75. The number of nitrogens with one attached hydrogen (secondary N) is 1. The average molecular weight is 229 g/mol. The van der Waals surface area contributed by atoms with Gasteiger partial charge >= 0.3 is 0 Å². The fourth-order valence-corrected chi connectivity index (χ4v) is 2.35. The van der Waals surface area contributed by atoms with Gasteiger partial charge in [0.25, 0.3) is 0 Å². The number of aromatic nitrogens is 2. The molecule has 1 aliphatic heterocycles. The first-order chi connectivity index (χ1) is 8.40. The van der Waals surface area contributed by atoms with Crippen molar-refractivity contribution < 1.29 is 5.11 Å². The minimum absolute atomic E-state index is 0.0243. The summed E-state index contributed by atoms with van der Waals surface area (Å²) >= 11 is 0. The van der Waals surface area contributed by atoms with Crippen LogP contribution in [0, 0.1) is 0 Å². The molecule has 1 aromatic heterocycles. The highest BCUT2D eigenvalue weighted by molar-refractivity contribution is 5.36. The lowest BCUT2D eigenvalue weighted by molar-refractivity contribution is 0.237. The van der Waals surface area contributed by atoms with E-state index in [1.165, 1.54) is 5.69 Å². The fraction of sp³-hybridized carbons (Fsp3) is 0.308. The lowest BCUT2D eigenvalue weighted by atomic mass is 10.1. The zero-order chi connectivity index (χ0) is 11.7. The van der Waals surface area contributed by atoms with Gasteiger partial charge in [-0.05, 0) is 12.1 Å². The minimum atomic E-state index is -0.0243. The van der Waals surface area contributed by atoms with E-state index >= 15 is 0 Å². The second kappa shape index (κ2) is 4.31. The van der Waals surface area contributed by atoms with Crippen LogP contribution in [-0.4, -0.2) is 27.8 Å². The Hall–Kier alpha value is -1.65. The highest BCUT2D eigenvalue weighted by atomic mass is 16.3. The summed E-state index contributed by atoms with van der Waals surface area (Å²) in [4.78, 5) is 4.43. The van der Waals surface area contributed by atoms with Crippen molar-refractivity contribution in [2.45, 2.75) is 12.5 Å². The van der Waals surface area contributed by atoms with Crippen LogP contribution in [-0.2, 0) is 6.42 Å². The smallest absolute Gasteiger partial charge is 0.0998 e. The molecule has 0 fully saturated rings. The van der Waals surface area contributed by atoms with E-state index in [1.54, 1.807) is 0 Å². The first kappa shape index (κ1) is 10.5. The highest BCUT2D eigenvalue weighted by Crippen LogP contribution is 2.23. The van der Waals surface area contributed by atoms with Gasteiger partial charge in [-0.25, -0.2) is 4.98 Å². The molecular weight excluding hydrogens is 214 g/mol. The summed E-state index contributed by atoms with van der Waals surface area (Å²) in [5.41, 5.74) is 3.30. The molecule has 0 saturated heterocycles. The van der Waals surface area contributed by atoms with Gasteiger partial charge in [0, 0.05) is 24.3 Å². The quantitative estimate of drug-likeness (QED) is 0.809. The molecule has 88 valence electrons. The Bertz CT molecular complexity index is 507. The number of benzene rings is 1. The van der Waals surface area contributed by atoms with Crippen molar-refractivity contribution in [2.75, 3.05) is 13.2 Å². The van der Waals surface area contributed by atoms with Gasteiger partial charge in [0.2, 0.25) is 0 Å². The number of hydrogen-bond acceptors (Lipinski definition) is 3. The van der Waals surface area contributed by atoms with E-state index < -0.39 is 0 Å². The molecule has 4 nitrogen and oxygen atoms in total. The Morgan fingerprint density at radius 3 is 2.94 bits per heavy atom. The molecule has 2 aromatic rings. The SMILES string of the molecule is OCC1NCCc2c1ncn2-c1ccccc1. The number of rotatable bonds is 2. The van der Waals surface area contributed by atoms with E-state index in [2.05, 4.69) is 27.0 Å². The van der Waals surface area contributed by atoms with Crippen molar-refractivity contribution in [3.05, 3.63) is 48.0 Å². The predicted molar refractivity (Wildman–Crippen MR) is 65.1 cm³/mol. The maximum atomic E-state index is 9.31. The van der Waals surface area contributed by atoms with Crippen LogP contribution < -0.4 is 5.32 Å². The molecule has 0 aliphatic carbocycles. The summed E-state index contributed by atoms with van der Waals surface area (Å²) in [5.74, 6) is 0. The number of hydrogen-bond donors (Lipinski definition) is 2. The number of para-hydroxylation sites is 1. The minimum Gasteiger partial charge on any atom is -0.394 e. The largest absolute Gasteiger partial charge is 0.394 e. The van der Waals surface area contributed by atoms with Gasteiger partial charge in [-0.2, -0.15) is 0 Å². The van der Waals surface area contributed by atoms with Gasteiger partial charge in [-0.15, -0.1) is 0 Å². The molecule has 3 rings (SSSR count). The van der Waals surface area contributed by atoms with Crippen LogP contribution in [0.5, 0.6) is 0 Å². The Morgan fingerprint density at radius 1 is 1.35 bits per heavy atom. The first-order valence-corrected chi connectivity index (χ1v) is 5.86. The van der Waals surface area contributed by atoms with Gasteiger partial charge < -0.3 is 15.0 Å². The molecule has 17 heavy (non-hydrogen) atoms. The van der Waals surface area contributed by atoms with Crippen LogP contribution in [0.15, 0.2) is 36.7 Å². The molecular formula is C13H15N3O. The van der Waals surface area contributed by atoms with Crippen LogP contribution >= 0.6 is 0 Å². The zero-order valence-electron chi connectivity index (χ0n) is 9.50. The van der Waals surface area contributed by atoms with E-state index in [4.69, 9.17) is 0 Å². The van der Waals surface area contributed by atoms with E-state index in [9.17, 15) is 5.11 Å². The van der Waals surface area contributed by atoms with Crippen LogP contribution in [0.4, 0.5) is 0 Å². The monoisotopic (exact) mass is 229 g/mol. The summed E-state index contributed by atoms with van der Waals surface area (Å²) in [6.45, 7) is 0.982. The van der Waals surface area contributed by atoms with Crippen LogP contribution in [0.1, 0.15) is 17.4 Å². The van der Waals surface area contributed by atoms with Gasteiger partial charge in [0.05, 0.1) is 24.7 Å².